The van der Waals surface area contributed by atoms with Crippen molar-refractivity contribution >= 4 is 11.6 Å². The van der Waals surface area contributed by atoms with E-state index in [1.54, 1.807) is 19.4 Å². The van der Waals surface area contributed by atoms with Crippen LogP contribution in [-0.2, 0) is 13.6 Å². The minimum absolute atomic E-state index is 0.0459. The number of amides is 1. The van der Waals surface area contributed by atoms with Crippen LogP contribution in [-0.4, -0.2) is 43.3 Å². The van der Waals surface area contributed by atoms with Gasteiger partial charge in [0.2, 0.25) is 0 Å². The van der Waals surface area contributed by atoms with Crippen molar-refractivity contribution in [2.45, 2.75) is 31.8 Å². The molecule has 1 aliphatic rings. The molecule has 136 valence electrons. The average Bonchev–Trinajstić information content (AvgIpc) is 3.26. The van der Waals surface area contributed by atoms with Gasteiger partial charge in [-0.15, -0.1) is 0 Å². The molecule has 0 spiro atoms. The second-order valence-electron chi connectivity index (χ2n) is 6.82. The third-order valence-electron chi connectivity index (χ3n) is 5.33. The van der Waals surface area contributed by atoms with Crippen molar-refractivity contribution < 1.29 is 4.79 Å². The molecule has 1 amide bonds. The van der Waals surface area contributed by atoms with Gasteiger partial charge in [-0.1, -0.05) is 6.42 Å². The highest BCUT2D eigenvalue weighted by molar-refractivity contribution is 5.92. The van der Waals surface area contributed by atoms with Crippen LogP contribution >= 0.6 is 0 Å². The third kappa shape index (κ3) is 2.88. The lowest BCUT2D eigenvalue weighted by Crippen LogP contribution is -2.34. The third-order valence-corrected chi connectivity index (χ3v) is 5.33. The maximum Gasteiger partial charge on any atom is 0.267 e. The number of piperidine rings is 1. The van der Waals surface area contributed by atoms with Crippen molar-refractivity contribution in [2.24, 2.45) is 7.05 Å². The van der Waals surface area contributed by atoms with Gasteiger partial charge in [0.15, 0.2) is 5.65 Å². The largest absolute Gasteiger partial charge is 0.354 e. The van der Waals surface area contributed by atoms with Crippen molar-refractivity contribution in [3.63, 3.8) is 0 Å². The Hall–Kier alpha value is -2.67. The number of carbonyl (C=O) groups excluding carboxylic acids is 1. The summed E-state index contributed by atoms with van der Waals surface area (Å²) in [4.78, 5) is 23.1. The number of imidazole rings is 1. The Bertz CT molecular complexity index is 927. The molecule has 1 N–H and O–H groups in total. The fourth-order valence-corrected chi connectivity index (χ4v) is 3.95. The van der Waals surface area contributed by atoms with E-state index in [0.29, 0.717) is 11.7 Å². The Morgan fingerprint density at radius 1 is 1.31 bits per heavy atom. The van der Waals surface area contributed by atoms with E-state index in [1.165, 1.54) is 18.5 Å². The van der Waals surface area contributed by atoms with Crippen molar-refractivity contribution in [1.82, 2.24) is 29.2 Å². The zero-order chi connectivity index (χ0) is 18.1. The van der Waals surface area contributed by atoms with Gasteiger partial charge >= 0.3 is 0 Å². The standard InChI is InChI=1S/C19H24N6O/c1-20-19(26)17-7-6-15(23(17)2)16-5-3-4-9-24(16)13-14-11-22-18-12-21-8-10-25(14)18/h6-8,10-12,16H,3-5,9,13H2,1-2H3,(H,20,26)/t16-/m0/s1. The minimum atomic E-state index is -0.0459. The van der Waals surface area contributed by atoms with Crippen LogP contribution in [0.2, 0.25) is 0 Å². The van der Waals surface area contributed by atoms with E-state index in [0.717, 1.165) is 30.9 Å². The van der Waals surface area contributed by atoms with Crippen molar-refractivity contribution in [3.05, 3.63) is 54.0 Å². The predicted molar refractivity (Wildman–Crippen MR) is 98.8 cm³/mol. The second-order valence-corrected chi connectivity index (χ2v) is 6.82. The lowest BCUT2D eigenvalue weighted by molar-refractivity contribution is 0.0952. The van der Waals surface area contributed by atoms with Crippen molar-refractivity contribution in [3.8, 4) is 0 Å². The zero-order valence-electron chi connectivity index (χ0n) is 15.2. The van der Waals surface area contributed by atoms with Gasteiger partial charge in [0.25, 0.3) is 5.91 Å². The molecule has 4 heterocycles. The molecule has 0 unspecified atom stereocenters. The molecule has 1 aliphatic heterocycles. The van der Waals surface area contributed by atoms with Crippen LogP contribution in [0.25, 0.3) is 5.65 Å². The molecule has 1 atom stereocenters. The fourth-order valence-electron chi connectivity index (χ4n) is 3.95. The van der Waals surface area contributed by atoms with E-state index >= 15 is 0 Å². The summed E-state index contributed by atoms with van der Waals surface area (Å²) < 4.78 is 4.12. The Kier molecular flexibility index (Phi) is 4.46. The molecular formula is C19H24N6O. The Labute approximate surface area is 152 Å². The summed E-state index contributed by atoms with van der Waals surface area (Å²) >= 11 is 0. The first-order chi connectivity index (χ1) is 12.7. The molecule has 0 aromatic carbocycles. The number of hydrogen-bond acceptors (Lipinski definition) is 4. The van der Waals surface area contributed by atoms with Crippen LogP contribution < -0.4 is 5.32 Å². The summed E-state index contributed by atoms with van der Waals surface area (Å²) in [5.41, 5.74) is 3.93. The summed E-state index contributed by atoms with van der Waals surface area (Å²) in [6.07, 6.45) is 11.0. The topological polar surface area (TPSA) is 67.5 Å². The van der Waals surface area contributed by atoms with E-state index in [2.05, 4.69) is 30.7 Å². The molecule has 4 rings (SSSR count). The first-order valence-corrected chi connectivity index (χ1v) is 9.06. The molecule has 1 fully saturated rings. The van der Waals surface area contributed by atoms with Crippen molar-refractivity contribution in [1.29, 1.82) is 0 Å². The Morgan fingerprint density at radius 2 is 2.19 bits per heavy atom. The maximum absolute atomic E-state index is 12.1. The summed E-state index contributed by atoms with van der Waals surface area (Å²) in [5.74, 6) is -0.0459. The van der Waals surface area contributed by atoms with Crippen LogP contribution in [0.5, 0.6) is 0 Å². The molecule has 26 heavy (non-hydrogen) atoms. The van der Waals surface area contributed by atoms with Crippen LogP contribution in [0.1, 0.15) is 47.2 Å². The maximum atomic E-state index is 12.1. The number of hydrogen-bond donors (Lipinski definition) is 1. The Balaban J connectivity index is 1.63. The van der Waals surface area contributed by atoms with E-state index in [-0.39, 0.29) is 5.91 Å². The van der Waals surface area contributed by atoms with Crippen LogP contribution in [0.4, 0.5) is 0 Å². The SMILES string of the molecule is CNC(=O)c1ccc([C@@H]2CCCCN2Cc2cnc3cnccn23)n1C. The highest BCUT2D eigenvalue weighted by Crippen LogP contribution is 2.33. The lowest BCUT2D eigenvalue weighted by Gasteiger charge is -2.36. The van der Waals surface area contributed by atoms with Gasteiger partial charge < -0.3 is 9.88 Å². The number of fused-ring (bicyclic) bond motifs is 1. The quantitative estimate of drug-likeness (QED) is 0.781. The monoisotopic (exact) mass is 352 g/mol. The zero-order valence-corrected chi connectivity index (χ0v) is 15.2. The van der Waals surface area contributed by atoms with Gasteiger partial charge in [-0.3, -0.25) is 19.1 Å². The molecule has 0 bridgehead atoms. The number of rotatable bonds is 4. The first kappa shape index (κ1) is 16.8. The first-order valence-electron chi connectivity index (χ1n) is 9.06. The van der Waals surface area contributed by atoms with Crippen LogP contribution in [0.3, 0.4) is 0 Å². The van der Waals surface area contributed by atoms with Crippen LogP contribution in [0.15, 0.2) is 36.9 Å². The van der Waals surface area contributed by atoms with E-state index in [4.69, 9.17) is 0 Å². The highest BCUT2D eigenvalue weighted by Gasteiger charge is 2.28. The van der Waals surface area contributed by atoms with Gasteiger partial charge in [-0.2, -0.15) is 0 Å². The normalized spacial score (nSPS) is 18.3. The van der Waals surface area contributed by atoms with E-state index < -0.39 is 0 Å². The molecule has 1 saturated heterocycles. The average molecular weight is 352 g/mol. The molecule has 3 aromatic heterocycles. The lowest BCUT2D eigenvalue weighted by atomic mass is 9.99. The molecule has 7 heteroatoms. The predicted octanol–water partition coefficient (Wildman–Crippen LogP) is 2.15. The van der Waals surface area contributed by atoms with Crippen LogP contribution in [0, 0.1) is 0 Å². The number of likely N-dealkylation sites (tertiary alicyclic amines) is 1. The number of carbonyl (C=O) groups is 1. The smallest absolute Gasteiger partial charge is 0.267 e. The van der Waals surface area contributed by atoms with E-state index in [1.807, 2.05) is 30.1 Å². The second kappa shape index (κ2) is 6.92. The molecule has 0 saturated carbocycles. The van der Waals surface area contributed by atoms with Gasteiger partial charge in [-0.25, -0.2) is 4.98 Å². The number of aromatic nitrogens is 4. The minimum Gasteiger partial charge on any atom is -0.354 e. The fraction of sp³-hybridized carbons (Fsp3) is 0.421. The number of nitrogens with one attached hydrogen (secondary N) is 1. The highest BCUT2D eigenvalue weighted by atomic mass is 16.1. The molecule has 0 radical (unpaired) electrons. The van der Waals surface area contributed by atoms with Gasteiger partial charge in [0, 0.05) is 38.7 Å². The Morgan fingerprint density at radius 3 is 3.04 bits per heavy atom. The molecule has 3 aromatic rings. The van der Waals surface area contributed by atoms with Gasteiger partial charge in [0.1, 0.15) is 5.69 Å². The van der Waals surface area contributed by atoms with Gasteiger partial charge in [0.05, 0.1) is 24.1 Å². The summed E-state index contributed by atoms with van der Waals surface area (Å²) in [6, 6.07) is 4.31. The summed E-state index contributed by atoms with van der Waals surface area (Å²) in [6.45, 7) is 1.87. The molecule has 0 aliphatic carbocycles. The summed E-state index contributed by atoms with van der Waals surface area (Å²) in [5, 5.41) is 2.72. The number of nitrogens with zero attached hydrogens (tertiary/aromatic N) is 5. The molecule has 7 nitrogen and oxygen atoms in total. The summed E-state index contributed by atoms with van der Waals surface area (Å²) in [7, 11) is 3.65. The van der Waals surface area contributed by atoms with E-state index in [9.17, 15) is 4.79 Å². The van der Waals surface area contributed by atoms with Gasteiger partial charge in [-0.05, 0) is 31.5 Å². The molecular weight excluding hydrogens is 328 g/mol. The van der Waals surface area contributed by atoms with Crippen molar-refractivity contribution in [2.75, 3.05) is 13.6 Å².